The van der Waals surface area contributed by atoms with Crippen LogP contribution in [0.2, 0.25) is 5.02 Å². The standard InChI is InChI=1S/C16H15BrClNO3/c1-10-7-12(4-5-13(10)17)22-9-16(20)19-14-8-11(18)3-6-15(14)21-2/h3-8H,9H2,1-2H3,(H,19,20). The van der Waals surface area contributed by atoms with Crippen molar-refractivity contribution in [2.75, 3.05) is 19.0 Å². The highest BCUT2D eigenvalue weighted by Crippen LogP contribution is 2.27. The zero-order chi connectivity index (χ0) is 16.1. The van der Waals surface area contributed by atoms with Crippen LogP contribution in [0.4, 0.5) is 5.69 Å². The molecule has 0 aliphatic heterocycles. The van der Waals surface area contributed by atoms with Crippen LogP contribution in [0.25, 0.3) is 0 Å². The molecule has 4 nitrogen and oxygen atoms in total. The Balaban J connectivity index is 1.98. The molecule has 2 aromatic rings. The van der Waals surface area contributed by atoms with E-state index in [9.17, 15) is 4.79 Å². The van der Waals surface area contributed by atoms with Crippen molar-refractivity contribution in [3.05, 3.63) is 51.5 Å². The van der Waals surface area contributed by atoms with Gasteiger partial charge in [-0.2, -0.15) is 0 Å². The van der Waals surface area contributed by atoms with Gasteiger partial charge in [-0.1, -0.05) is 27.5 Å². The van der Waals surface area contributed by atoms with Crippen LogP contribution in [0.1, 0.15) is 5.56 Å². The van der Waals surface area contributed by atoms with E-state index in [0.29, 0.717) is 22.2 Å². The van der Waals surface area contributed by atoms with E-state index in [4.69, 9.17) is 21.1 Å². The fourth-order valence-electron chi connectivity index (χ4n) is 1.82. The number of halogens is 2. The summed E-state index contributed by atoms with van der Waals surface area (Å²) in [4.78, 5) is 12.0. The molecule has 2 aromatic carbocycles. The summed E-state index contributed by atoms with van der Waals surface area (Å²) in [6.45, 7) is 1.85. The Morgan fingerprint density at radius 1 is 1.27 bits per heavy atom. The Labute approximate surface area is 142 Å². The molecular formula is C16H15BrClNO3. The molecule has 2 rings (SSSR count). The monoisotopic (exact) mass is 383 g/mol. The van der Waals surface area contributed by atoms with Crippen molar-refractivity contribution in [3.63, 3.8) is 0 Å². The minimum absolute atomic E-state index is 0.100. The third-order valence-corrected chi connectivity index (χ3v) is 4.06. The van der Waals surface area contributed by atoms with Crippen LogP contribution < -0.4 is 14.8 Å². The van der Waals surface area contributed by atoms with E-state index in [-0.39, 0.29) is 12.5 Å². The van der Waals surface area contributed by atoms with E-state index in [0.717, 1.165) is 10.0 Å². The van der Waals surface area contributed by atoms with Crippen molar-refractivity contribution >= 4 is 39.1 Å². The summed E-state index contributed by atoms with van der Waals surface area (Å²) in [5, 5.41) is 3.23. The first-order valence-corrected chi connectivity index (χ1v) is 7.69. The van der Waals surface area contributed by atoms with Gasteiger partial charge in [0.25, 0.3) is 5.91 Å². The third kappa shape index (κ3) is 4.39. The van der Waals surface area contributed by atoms with Crippen LogP contribution in [-0.2, 0) is 4.79 Å². The molecule has 116 valence electrons. The molecule has 0 radical (unpaired) electrons. The number of amides is 1. The SMILES string of the molecule is COc1ccc(Cl)cc1NC(=O)COc1ccc(Br)c(C)c1. The molecule has 1 N–H and O–H groups in total. The highest BCUT2D eigenvalue weighted by molar-refractivity contribution is 9.10. The van der Waals surface area contributed by atoms with Gasteiger partial charge in [0.2, 0.25) is 0 Å². The van der Waals surface area contributed by atoms with Crippen molar-refractivity contribution in [1.82, 2.24) is 0 Å². The maximum absolute atomic E-state index is 12.0. The zero-order valence-corrected chi connectivity index (χ0v) is 14.5. The van der Waals surface area contributed by atoms with Crippen molar-refractivity contribution in [3.8, 4) is 11.5 Å². The van der Waals surface area contributed by atoms with Crippen molar-refractivity contribution in [2.45, 2.75) is 6.92 Å². The van der Waals surface area contributed by atoms with E-state index < -0.39 is 0 Å². The molecule has 0 unspecified atom stereocenters. The molecule has 0 saturated heterocycles. The van der Waals surface area contributed by atoms with E-state index in [1.165, 1.54) is 7.11 Å². The number of carbonyl (C=O) groups is 1. The van der Waals surface area contributed by atoms with E-state index in [2.05, 4.69) is 21.2 Å². The maximum atomic E-state index is 12.0. The van der Waals surface area contributed by atoms with Crippen LogP contribution in [0.3, 0.4) is 0 Å². The van der Waals surface area contributed by atoms with E-state index in [1.807, 2.05) is 19.1 Å². The molecule has 0 spiro atoms. The van der Waals surface area contributed by atoms with Crippen LogP contribution >= 0.6 is 27.5 Å². The van der Waals surface area contributed by atoms with E-state index >= 15 is 0 Å². The largest absolute Gasteiger partial charge is 0.495 e. The summed E-state index contributed by atoms with van der Waals surface area (Å²) in [6, 6.07) is 10.5. The summed E-state index contributed by atoms with van der Waals surface area (Å²) in [5.41, 5.74) is 1.55. The van der Waals surface area contributed by atoms with Crippen LogP contribution in [0, 0.1) is 6.92 Å². The van der Waals surface area contributed by atoms with E-state index in [1.54, 1.807) is 24.3 Å². The minimum Gasteiger partial charge on any atom is -0.495 e. The Morgan fingerprint density at radius 3 is 2.73 bits per heavy atom. The van der Waals surface area contributed by atoms with Gasteiger partial charge >= 0.3 is 0 Å². The molecule has 0 bridgehead atoms. The molecule has 0 aromatic heterocycles. The number of hydrogen-bond donors (Lipinski definition) is 1. The molecule has 0 saturated carbocycles. The van der Waals surface area contributed by atoms with Crippen LogP contribution in [-0.4, -0.2) is 19.6 Å². The van der Waals surface area contributed by atoms with Gasteiger partial charge in [0.05, 0.1) is 12.8 Å². The quantitative estimate of drug-likeness (QED) is 0.829. The fourth-order valence-corrected chi connectivity index (χ4v) is 2.24. The van der Waals surface area contributed by atoms with Gasteiger partial charge in [0.1, 0.15) is 11.5 Å². The number of carbonyl (C=O) groups excluding carboxylic acids is 1. The number of ether oxygens (including phenoxy) is 2. The van der Waals surface area contributed by atoms with Crippen molar-refractivity contribution in [1.29, 1.82) is 0 Å². The molecule has 22 heavy (non-hydrogen) atoms. The van der Waals surface area contributed by atoms with Gasteiger partial charge in [-0.3, -0.25) is 4.79 Å². The predicted molar refractivity (Wildman–Crippen MR) is 91.0 cm³/mol. The van der Waals surface area contributed by atoms with Gasteiger partial charge < -0.3 is 14.8 Å². The van der Waals surface area contributed by atoms with Gasteiger partial charge in [-0.25, -0.2) is 0 Å². The van der Waals surface area contributed by atoms with Gasteiger partial charge in [0.15, 0.2) is 6.61 Å². The molecule has 0 fully saturated rings. The fraction of sp³-hybridized carbons (Fsp3) is 0.188. The summed E-state index contributed by atoms with van der Waals surface area (Å²) < 4.78 is 11.6. The van der Waals surface area contributed by atoms with Crippen LogP contribution in [0.5, 0.6) is 11.5 Å². The molecule has 0 atom stereocenters. The Morgan fingerprint density at radius 2 is 2.05 bits per heavy atom. The first-order valence-electron chi connectivity index (χ1n) is 6.52. The first-order chi connectivity index (χ1) is 10.5. The number of anilines is 1. The van der Waals surface area contributed by atoms with Crippen molar-refractivity contribution in [2.24, 2.45) is 0 Å². The normalized spacial score (nSPS) is 10.2. The molecular weight excluding hydrogens is 370 g/mol. The predicted octanol–water partition coefficient (Wildman–Crippen LogP) is 4.44. The zero-order valence-electron chi connectivity index (χ0n) is 12.2. The first kappa shape index (κ1) is 16.6. The van der Waals surface area contributed by atoms with Gasteiger partial charge in [-0.15, -0.1) is 0 Å². The third-order valence-electron chi connectivity index (χ3n) is 2.93. The lowest BCUT2D eigenvalue weighted by Crippen LogP contribution is -2.20. The second-order valence-corrected chi connectivity index (χ2v) is 5.88. The highest BCUT2D eigenvalue weighted by atomic mass is 79.9. The average molecular weight is 385 g/mol. The second kappa shape index (κ2) is 7.51. The number of aryl methyl sites for hydroxylation is 1. The summed E-state index contributed by atoms with van der Waals surface area (Å²) in [7, 11) is 1.53. The summed E-state index contributed by atoms with van der Waals surface area (Å²) in [5.74, 6) is 0.882. The smallest absolute Gasteiger partial charge is 0.262 e. The average Bonchev–Trinajstić information content (AvgIpc) is 2.49. The second-order valence-electron chi connectivity index (χ2n) is 4.59. The number of nitrogens with one attached hydrogen (secondary N) is 1. The molecule has 0 aliphatic carbocycles. The molecule has 6 heteroatoms. The maximum Gasteiger partial charge on any atom is 0.262 e. The molecule has 0 aliphatic rings. The number of rotatable bonds is 5. The molecule has 0 heterocycles. The lowest BCUT2D eigenvalue weighted by Gasteiger charge is -2.11. The summed E-state index contributed by atoms with van der Waals surface area (Å²) in [6.07, 6.45) is 0. The van der Waals surface area contributed by atoms with Crippen molar-refractivity contribution < 1.29 is 14.3 Å². The van der Waals surface area contributed by atoms with Gasteiger partial charge in [-0.05, 0) is 48.9 Å². The minimum atomic E-state index is -0.291. The highest BCUT2D eigenvalue weighted by Gasteiger charge is 2.09. The Kier molecular flexibility index (Phi) is 5.69. The van der Waals surface area contributed by atoms with Crippen LogP contribution in [0.15, 0.2) is 40.9 Å². The summed E-state index contributed by atoms with van der Waals surface area (Å²) >= 11 is 9.33. The Hall–Kier alpha value is -1.72. The van der Waals surface area contributed by atoms with Gasteiger partial charge in [0, 0.05) is 9.50 Å². The lowest BCUT2D eigenvalue weighted by molar-refractivity contribution is -0.118. The number of hydrogen-bond acceptors (Lipinski definition) is 3. The Bertz CT molecular complexity index is 691. The molecule has 1 amide bonds. The number of methoxy groups -OCH3 is 1. The number of benzene rings is 2. The topological polar surface area (TPSA) is 47.6 Å². The lowest BCUT2D eigenvalue weighted by atomic mass is 10.2.